The molecule has 0 saturated heterocycles. The Kier molecular flexibility index (Phi) is 14.9. The molecule has 0 spiro atoms. The van der Waals surface area contributed by atoms with Crippen molar-refractivity contribution < 1.29 is 27.4 Å². The molecular formula is C24H39F3O3. The van der Waals surface area contributed by atoms with Gasteiger partial charge in [0.2, 0.25) is 0 Å². The zero-order valence-electron chi connectivity index (χ0n) is 18.9. The fourth-order valence-corrected chi connectivity index (χ4v) is 3.64. The third-order valence-electron chi connectivity index (χ3n) is 5.38. The lowest BCUT2D eigenvalue weighted by Crippen LogP contribution is -2.25. The first-order valence-electron chi connectivity index (χ1n) is 11.4. The van der Waals surface area contributed by atoms with Crippen molar-refractivity contribution in [3.8, 4) is 0 Å². The van der Waals surface area contributed by atoms with Crippen molar-refractivity contribution in [1.82, 2.24) is 0 Å². The van der Waals surface area contributed by atoms with E-state index in [1.165, 1.54) is 32.1 Å². The van der Waals surface area contributed by atoms with Crippen LogP contribution in [0.5, 0.6) is 0 Å². The van der Waals surface area contributed by atoms with Gasteiger partial charge in [0.15, 0.2) is 0 Å². The summed E-state index contributed by atoms with van der Waals surface area (Å²) >= 11 is 0. The summed E-state index contributed by atoms with van der Waals surface area (Å²) in [6.45, 7) is 1.56. The second kappa shape index (κ2) is 16.6. The Morgan fingerprint density at radius 3 is 1.77 bits per heavy atom. The molecule has 1 aromatic carbocycles. The summed E-state index contributed by atoms with van der Waals surface area (Å²) in [6.07, 6.45) is 13.1. The zero-order valence-corrected chi connectivity index (χ0v) is 18.9. The van der Waals surface area contributed by atoms with Crippen molar-refractivity contribution in [3.63, 3.8) is 0 Å². The van der Waals surface area contributed by atoms with E-state index in [2.05, 4.69) is 6.92 Å². The summed E-state index contributed by atoms with van der Waals surface area (Å²) in [5, 5.41) is 0. The van der Waals surface area contributed by atoms with E-state index >= 15 is 0 Å². The van der Waals surface area contributed by atoms with Crippen LogP contribution in [0.1, 0.15) is 89.5 Å². The molecule has 0 amide bonds. The van der Waals surface area contributed by atoms with Gasteiger partial charge in [-0.25, -0.2) is 13.2 Å². The van der Waals surface area contributed by atoms with Crippen molar-refractivity contribution in [2.45, 2.75) is 103 Å². The Hall–Kier alpha value is -1.11. The van der Waals surface area contributed by atoms with E-state index in [4.69, 9.17) is 14.2 Å². The molecule has 30 heavy (non-hydrogen) atoms. The average molecular weight is 433 g/mol. The van der Waals surface area contributed by atoms with Crippen LogP contribution in [-0.4, -0.2) is 26.8 Å². The molecule has 0 aliphatic rings. The topological polar surface area (TPSA) is 27.7 Å². The fraction of sp³-hybridized carbons (Fsp3) is 0.750. The molecule has 0 heterocycles. The Morgan fingerprint density at radius 1 is 0.733 bits per heavy atom. The van der Waals surface area contributed by atoms with E-state index in [0.717, 1.165) is 50.7 Å². The molecule has 0 aromatic heterocycles. The van der Waals surface area contributed by atoms with Crippen molar-refractivity contribution in [1.29, 1.82) is 0 Å². The van der Waals surface area contributed by atoms with Crippen molar-refractivity contribution in [3.05, 3.63) is 35.1 Å². The van der Waals surface area contributed by atoms with E-state index in [1.54, 1.807) is 14.2 Å². The van der Waals surface area contributed by atoms with Gasteiger partial charge in [0.1, 0.15) is 17.5 Å². The smallest absolute Gasteiger partial charge is 0.271 e. The largest absolute Gasteiger partial charge is 0.333 e. The highest BCUT2D eigenvalue weighted by atomic mass is 19.1. The molecule has 1 rings (SSSR count). The minimum absolute atomic E-state index is 0.0243. The molecule has 1 unspecified atom stereocenters. The monoisotopic (exact) mass is 432 g/mol. The molecule has 0 aliphatic carbocycles. The van der Waals surface area contributed by atoms with E-state index in [-0.39, 0.29) is 18.1 Å². The molecule has 3 nitrogen and oxygen atoms in total. The summed E-state index contributed by atoms with van der Waals surface area (Å²) in [5.41, 5.74) is -0.0243. The van der Waals surface area contributed by atoms with Gasteiger partial charge in [-0.15, -0.1) is 0 Å². The van der Waals surface area contributed by atoms with Crippen molar-refractivity contribution in [2.75, 3.05) is 14.2 Å². The predicted octanol–water partition coefficient (Wildman–Crippen LogP) is 7.31. The van der Waals surface area contributed by atoms with Crippen LogP contribution >= 0.6 is 0 Å². The van der Waals surface area contributed by atoms with E-state index < -0.39 is 23.9 Å². The lowest BCUT2D eigenvalue weighted by molar-refractivity contribution is -0.285. The Morgan fingerprint density at radius 2 is 1.23 bits per heavy atom. The van der Waals surface area contributed by atoms with E-state index in [1.807, 2.05) is 0 Å². The van der Waals surface area contributed by atoms with Crippen LogP contribution in [0, 0.1) is 17.5 Å². The number of ether oxygens (including phenoxy) is 3. The molecule has 0 aliphatic heterocycles. The molecular weight excluding hydrogens is 393 g/mol. The number of unbranched alkanes of at least 4 members (excludes halogenated alkanes) is 8. The summed E-state index contributed by atoms with van der Waals surface area (Å²) < 4.78 is 56.6. The van der Waals surface area contributed by atoms with Crippen molar-refractivity contribution in [2.24, 2.45) is 0 Å². The first-order chi connectivity index (χ1) is 14.5. The minimum Gasteiger partial charge on any atom is -0.333 e. The molecule has 6 heteroatoms. The highest BCUT2D eigenvalue weighted by Gasteiger charge is 2.16. The molecule has 0 radical (unpaired) electrons. The van der Waals surface area contributed by atoms with Gasteiger partial charge < -0.3 is 14.2 Å². The van der Waals surface area contributed by atoms with Gasteiger partial charge in [-0.3, -0.25) is 0 Å². The number of hydrogen-bond donors (Lipinski definition) is 0. The summed E-state index contributed by atoms with van der Waals surface area (Å²) in [6, 6.07) is 1.48. The maximum absolute atomic E-state index is 13.7. The summed E-state index contributed by atoms with van der Waals surface area (Å²) in [4.78, 5) is 0. The quantitative estimate of drug-likeness (QED) is 0.180. The van der Waals surface area contributed by atoms with E-state index in [9.17, 15) is 13.2 Å². The van der Waals surface area contributed by atoms with Crippen LogP contribution in [0.25, 0.3) is 0 Å². The Labute approximate surface area is 180 Å². The SMILES string of the molecule is CCCCCCCCC(CCCCCCc1c(F)cc(F)cc1F)OC(OC)OC. The highest BCUT2D eigenvalue weighted by Crippen LogP contribution is 2.20. The minimum atomic E-state index is -0.879. The van der Waals surface area contributed by atoms with E-state index in [0.29, 0.717) is 6.42 Å². The number of methoxy groups -OCH3 is 2. The molecule has 0 saturated carbocycles. The maximum atomic E-state index is 13.7. The highest BCUT2D eigenvalue weighted by molar-refractivity contribution is 5.20. The van der Waals surface area contributed by atoms with Gasteiger partial charge in [-0.2, -0.15) is 0 Å². The van der Waals surface area contributed by atoms with Crippen molar-refractivity contribution >= 4 is 0 Å². The van der Waals surface area contributed by atoms with Crippen LogP contribution in [0.3, 0.4) is 0 Å². The van der Waals surface area contributed by atoms with Crippen LogP contribution < -0.4 is 0 Å². The first-order valence-corrected chi connectivity index (χ1v) is 11.4. The fourth-order valence-electron chi connectivity index (χ4n) is 3.64. The number of rotatable bonds is 18. The second-order valence-electron chi connectivity index (χ2n) is 7.88. The third-order valence-corrected chi connectivity index (χ3v) is 5.38. The van der Waals surface area contributed by atoms with Gasteiger partial charge in [-0.05, 0) is 25.7 Å². The molecule has 1 atom stereocenters. The Bertz CT molecular complexity index is 542. The Balaban J connectivity index is 2.30. The van der Waals surface area contributed by atoms with Crippen LogP contribution in [-0.2, 0) is 20.6 Å². The lowest BCUT2D eigenvalue weighted by atomic mass is 10.0. The van der Waals surface area contributed by atoms with Gasteiger partial charge in [0.25, 0.3) is 6.48 Å². The molecule has 1 aromatic rings. The second-order valence-corrected chi connectivity index (χ2v) is 7.88. The van der Waals surface area contributed by atoms with Crippen LogP contribution in [0.15, 0.2) is 12.1 Å². The maximum Gasteiger partial charge on any atom is 0.271 e. The predicted molar refractivity (Wildman–Crippen MR) is 114 cm³/mol. The summed E-state index contributed by atoms with van der Waals surface area (Å²) in [7, 11) is 3.12. The molecule has 0 N–H and O–H groups in total. The van der Waals surface area contributed by atoms with Gasteiger partial charge in [0, 0.05) is 31.9 Å². The van der Waals surface area contributed by atoms with Crippen LogP contribution in [0.2, 0.25) is 0 Å². The molecule has 0 fully saturated rings. The van der Waals surface area contributed by atoms with Crippen LogP contribution in [0.4, 0.5) is 13.2 Å². The zero-order chi connectivity index (χ0) is 22.2. The number of halogens is 3. The third kappa shape index (κ3) is 11.3. The number of hydrogen-bond acceptors (Lipinski definition) is 3. The normalized spacial score (nSPS) is 12.6. The standard InChI is InChI=1S/C24H39F3O3/c1-4-5-6-7-8-11-14-20(30-24(28-2)29-3)15-12-9-10-13-16-21-22(26)17-19(25)18-23(21)27/h17-18,20,24H,4-16H2,1-3H3. The molecule has 174 valence electrons. The average Bonchev–Trinajstić information content (AvgIpc) is 2.71. The van der Waals surface area contributed by atoms with Gasteiger partial charge in [0.05, 0.1) is 6.10 Å². The summed E-state index contributed by atoms with van der Waals surface area (Å²) in [5.74, 6) is -2.48. The number of benzene rings is 1. The molecule has 0 bridgehead atoms. The lowest BCUT2D eigenvalue weighted by Gasteiger charge is -2.23. The van der Waals surface area contributed by atoms with Gasteiger partial charge in [-0.1, -0.05) is 64.7 Å². The first kappa shape index (κ1) is 26.9. The van der Waals surface area contributed by atoms with Gasteiger partial charge >= 0.3 is 0 Å².